The molecule has 0 radical (unpaired) electrons. The Balaban J connectivity index is 2.20. The van der Waals surface area contributed by atoms with Gasteiger partial charge in [0.05, 0.1) is 0 Å². The summed E-state index contributed by atoms with van der Waals surface area (Å²) in [4.78, 5) is 13.3. The first-order valence-electron chi connectivity index (χ1n) is 5.43. The van der Waals surface area contributed by atoms with Crippen LogP contribution in [0, 0.1) is 0 Å². The predicted octanol–water partition coefficient (Wildman–Crippen LogP) is 0.785. The number of aromatic nitrogens is 4. The zero-order valence-electron chi connectivity index (χ0n) is 9.13. The second-order valence-electron chi connectivity index (χ2n) is 3.99. The van der Waals surface area contributed by atoms with Crippen molar-refractivity contribution in [3.8, 4) is 5.95 Å². The summed E-state index contributed by atoms with van der Waals surface area (Å²) in [6, 6.07) is 0. The Labute approximate surface area is 104 Å². The smallest absolute Gasteiger partial charge is 0.235 e. The number of nitrogens with zero attached hydrogens (tertiary/aromatic N) is 4. The first kappa shape index (κ1) is 10.3. The molecule has 0 atom stereocenters. The van der Waals surface area contributed by atoms with Crippen LogP contribution in [0.3, 0.4) is 0 Å². The number of imidazole rings is 1. The van der Waals surface area contributed by atoms with Gasteiger partial charge in [0.25, 0.3) is 0 Å². The normalized spacial score (nSPS) is 13.6. The first-order valence-corrected chi connectivity index (χ1v) is 5.84. The maximum atomic E-state index is 5.73. The van der Waals surface area contributed by atoms with Crippen LogP contribution in [0.1, 0.15) is 23.4 Å². The fourth-order valence-electron chi connectivity index (χ4n) is 2.12. The summed E-state index contributed by atoms with van der Waals surface area (Å²) in [7, 11) is 0. The molecule has 2 aromatic rings. The number of rotatable bonds is 2. The van der Waals surface area contributed by atoms with Crippen molar-refractivity contribution in [2.75, 3.05) is 0 Å². The molecule has 0 spiro atoms. The van der Waals surface area contributed by atoms with Crippen molar-refractivity contribution in [1.29, 1.82) is 0 Å². The highest BCUT2D eigenvalue weighted by Crippen LogP contribution is 2.23. The summed E-state index contributed by atoms with van der Waals surface area (Å²) >= 11 is 5.05. The standard InChI is InChI=1S/C11H11N5S/c12-10(17)9-7-2-1-3-8(7)14-11(15-9)16-5-4-13-6-16/h4-6H,1-3H2,(H2,12,17). The van der Waals surface area contributed by atoms with E-state index in [1.807, 2.05) is 0 Å². The van der Waals surface area contributed by atoms with Gasteiger partial charge in [0.15, 0.2) is 0 Å². The van der Waals surface area contributed by atoms with Crippen molar-refractivity contribution in [3.63, 3.8) is 0 Å². The molecule has 0 fully saturated rings. The quantitative estimate of drug-likeness (QED) is 0.792. The molecule has 0 aliphatic heterocycles. The second kappa shape index (κ2) is 3.89. The molecule has 0 unspecified atom stereocenters. The fourth-order valence-corrected chi connectivity index (χ4v) is 2.28. The Hall–Kier alpha value is -1.82. The van der Waals surface area contributed by atoms with Crippen molar-refractivity contribution < 1.29 is 0 Å². The molecule has 2 heterocycles. The van der Waals surface area contributed by atoms with Crippen molar-refractivity contribution in [1.82, 2.24) is 19.5 Å². The van der Waals surface area contributed by atoms with Crippen molar-refractivity contribution >= 4 is 17.2 Å². The van der Waals surface area contributed by atoms with Crippen molar-refractivity contribution in [2.45, 2.75) is 19.3 Å². The van der Waals surface area contributed by atoms with Gasteiger partial charge in [0.2, 0.25) is 5.95 Å². The van der Waals surface area contributed by atoms with Gasteiger partial charge >= 0.3 is 0 Å². The Morgan fingerprint density at radius 1 is 1.35 bits per heavy atom. The lowest BCUT2D eigenvalue weighted by Crippen LogP contribution is -2.17. The number of nitrogens with two attached hydrogens (primary N) is 1. The zero-order valence-corrected chi connectivity index (χ0v) is 9.94. The average molecular weight is 245 g/mol. The van der Waals surface area contributed by atoms with Gasteiger partial charge in [-0.15, -0.1) is 0 Å². The van der Waals surface area contributed by atoms with Crippen LogP contribution >= 0.6 is 12.2 Å². The summed E-state index contributed by atoms with van der Waals surface area (Å²) in [5, 5.41) is 0. The van der Waals surface area contributed by atoms with E-state index < -0.39 is 0 Å². The van der Waals surface area contributed by atoms with E-state index in [1.165, 1.54) is 0 Å². The fraction of sp³-hybridized carbons (Fsp3) is 0.273. The van der Waals surface area contributed by atoms with Gasteiger partial charge in [-0.25, -0.2) is 15.0 Å². The number of hydrogen-bond acceptors (Lipinski definition) is 4. The number of hydrogen-bond donors (Lipinski definition) is 1. The first-order chi connectivity index (χ1) is 8.25. The molecular weight excluding hydrogens is 234 g/mol. The summed E-state index contributed by atoms with van der Waals surface area (Å²) in [6.07, 6.45) is 8.19. The lowest BCUT2D eigenvalue weighted by atomic mass is 10.2. The van der Waals surface area contributed by atoms with Gasteiger partial charge in [-0.3, -0.25) is 4.57 Å². The van der Waals surface area contributed by atoms with E-state index in [2.05, 4.69) is 15.0 Å². The summed E-state index contributed by atoms with van der Waals surface area (Å²) in [5.41, 5.74) is 8.61. The van der Waals surface area contributed by atoms with E-state index in [0.717, 1.165) is 30.5 Å². The third-order valence-corrected chi connectivity index (χ3v) is 3.08. The van der Waals surface area contributed by atoms with E-state index in [-0.39, 0.29) is 0 Å². The van der Waals surface area contributed by atoms with Crippen molar-refractivity contribution in [2.24, 2.45) is 5.73 Å². The minimum atomic E-state index is 0.340. The monoisotopic (exact) mass is 245 g/mol. The Bertz CT molecular complexity index is 576. The Morgan fingerprint density at radius 3 is 2.94 bits per heavy atom. The summed E-state index contributed by atoms with van der Waals surface area (Å²) in [6.45, 7) is 0. The summed E-state index contributed by atoms with van der Waals surface area (Å²) < 4.78 is 1.76. The van der Waals surface area contributed by atoms with Gasteiger partial charge in [0.1, 0.15) is 17.0 Å². The zero-order chi connectivity index (χ0) is 11.8. The van der Waals surface area contributed by atoms with Gasteiger partial charge in [0, 0.05) is 23.7 Å². The van der Waals surface area contributed by atoms with E-state index in [0.29, 0.717) is 16.6 Å². The molecule has 0 bridgehead atoms. The van der Waals surface area contributed by atoms with Crippen molar-refractivity contribution in [3.05, 3.63) is 35.7 Å². The van der Waals surface area contributed by atoms with Crippen LogP contribution in [-0.2, 0) is 12.8 Å². The van der Waals surface area contributed by atoms with Crippen LogP contribution < -0.4 is 5.73 Å². The molecule has 3 rings (SSSR count). The second-order valence-corrected chi connectivity index (χ2v) is 4.43. The molecule has 86 valence electrons. The van der Waals surface area contributed by atoms with E-state index in [9.17, 15) is 0 Å². The molecule has 0 saturated heterocycles. The lowest BCUT2D eigenvalue weighted by Gasteiger charge is -2.08. The van der Waals surface area contributed by atoms with E-state index in [4.69, 9.17) is 18.0 Å². The van der Waals surface area contributed by atoms with Gasteiger partial charge in [-0.1, -0.05) is 12.2 Å². The van der Waals surface area contributed by atoms with Crippen LogP contribution in [0.5, 0.6) is 0 Å². The third-order valence-electron chi connectivity index (χ3n) is 2.89. The molecule has 0 aromatic carbocycles. The highest BCUT2D eigenvalue weighted by atomic mass is 32.1. The van der Waals surface area contributed by atoms with E-state index in [1.54, 1.807) is 23.3 Å². The average Bonchev–Trinajstić information content (AvgIpc) is 2.98. The highest BCUT2D eigenvalue weighted by Gasteiger charge is 2.20. The molecule has 6 heteroatoms. The predicted molar refractivity (Wildman–Crippen MR) is 67.1 cm³/mol. The molecule has 0 saturated carbocycles. The maximum absolute atomic E-state index is 5.73. The minimum Gasteiger partial charge on any atom is -0.388 e. The molecule has 0 amide bonds. The van der Waals surface area contributed by atoms with Gasteiger partial charge in [-0.2, -0.15) is 0 Å². The Morgan fingerprint density at radius 2 is 2.24 bits per heavy atom. The molecule has 1 aliphatic carbocycles. The molecule has 17 heavy (non-hydrogen) atoms. The molecule has 2 aromatic heterocycles. The van der Waals surface area contributed by atoms with Crippen LogP contribution in [0.4, 0.5) is 0 Å². The Kier molecular flexibility index (Phi) is 2.36. The maximum Gasteiger partial charge on any atom is 0.235 e. The van der Waals surface area contributed by atoms with Gasteiger partial charge in [-0.05, 0) is 19.3 Å². The molecule has 2 N–H and O–H groups in total. The van der Waals surface area contributed by atoms with Gasteiger partial charge < -0.3 is 5.73 Å². The molecule has 1 aliphatic rings. The number of fused-ring (bicyclic) bond motifs is 1. The number of thiocarbonyl (C=S) groups is 1. The molecular formula is C11H11N5S. The van der Waals surface area contributed by atoms with Crippen LogP contribution in [0.2, 0.25) is 0 Å². The molecule has 5 nitrogen and oxygen atoms in total. The van der Waals surface area contributed by atoms with Crippen LogP contribution in [0.15, 0.2) is 18.7 Å². The third kappa shape index (κ3) is 1.70. The SMILES string of the molecule is NC(=S)c1nc(-n2ccnc2)nc2c1CCC2. The highest BCUT2D eigenvalue weighted by molar-refractivity contribution is 7.80. The lowest BCUT2D eigenvalue weighted by molar-refractivity contribution is 0.876. The minimum absolute atomic E-state index is 0.340. The van der Waals surface area contributed by atoms with Crippen LogP contribution in [0.25, 0.3) is 5.95 Å². The number of aryl methyl sites for hydroxylation is 1. The largest absolute Gasteiger partial charge is 0.388 e. The van der Waals surface area contributed by atoms with Crippen LogP contribution in [-0.4, -0.2) is 24.5 Å². The topological polar surface area (TPSA) is 69.6 Å². The van der Waals surface area contributed by atoms with E-state index >= 15 is 0 Å². The summed E-state index contributed by atoms with van der Waals surface area (Å²) in [5.74, 6) is 0.589.